The third-order valence-corrected chi connectivity index (χ3v) is 6.21. The van der Waals surface area contributed by atoms with Crippen LogP contribution >= 0.6 is 0 Å². The van der Waals surface area contributed by atoms with Gasteiger partial charge in [-0.2, -0.15) is 0 Å². The van der Waals surface area contributed by atoms with Crippen LogP contribution in [0.25, 0.3) is 0 Å². The molecule has 0 fully saturated rings. The first-order valence-corrected chi connectivity index (χ1v) is 10.9. The van der Waals surface area contributed by atoms with E-state index in [1.165, 1.54) is 0 Å². The Morgan fingerprint density at radius 1 is 0.966 bits per heavy atom. The number of methoxy groups -OCH3 is 1. The van der Waals surface area contributed by atoms with E-state index in [1.807, 2.05) is 19.1 Å². The van der Waals surface area contributed by atoms with Crippen molar-refractivity contribution in [3.63, 3.8) is 0 Å². The molecule has 29 heavy (non-hydrogen) atoms. The summed E-state index contributed by atoms with van der Waals surface area (Å²) < 4.78 is 36.9. The molecule has 158 valence electrons. The van der Waals surface area contributed by atoms with Crippen LogP contribution in [-0.2, 0) is 14.8 Å². The van der Waals surface area contributed by atoms with E-state index in [0.717, 1.165) is 5.56 Å². The fraction of sp³-hybridized carbons (Fsp3) is 0.381. The number of ether oxygens (including phenoxy) is 2. The first kappa shape index (κ1) is 22.7. The van der Waals surface area contributed by atoms with Crippen molar-refractivity contribution in [1.82, 2.24) is 4.72 Å². The number of carbonyl (C=O) groups is 1. The Bertz CT molecular complexity index is 894. The fourth-order valence-corrected chi connectivity index (χ4v) is 3.25. The average molecular weight is 421 g/mol. The monoisotopic (exact) mass is 420 g/mol. The Kier molecular flexibility index (Phi) is 8.04. The van der Waals surface area contributed by atoms with Gasteiger partial charge >= 0.3 is 0 Å². The van der Waals surface area contributed by atoms with Crippen LogP contribution in [0, 0.1) is 0 Å². The number of anilines is 1. The topological polar surface area (TPSA) is 93.7 Å². The van der Waals surface area contributed by atoms with Gasteiger partial charge in [-0.3, -0.25) is 4.79 Å². The second-order valence-corrected chi connectivity index (χ2v) is 9.30. The van der Waals surface area contributed by atoms with Crippen LogP contribution in [0.3, 0.4) is 0 Å². The van der Waals surface area contributed by atoms with Crippen molar-refractivity contribution < 1.29 is 22.7 Å². The summed E-state index contributed by atoms with van der Waals surface area (Å²) in [5.74, 6) is 1.02. The number of amides is 1. The molecule has 0 bridgehead atoms. The van der Waals surface area contributed by atoms with Gasteiger partial charge in [0.15, 0.2) is 6.61 Å². The Balaban J connectivity index is 1.82. The number of carbonyl (C=O) groups excluding carboxylic acids is 1. The van der Waals surface area contributed by atoms with E-state index in [2.05, 4.69) is 10.0 Å². The van der Waals surface area contributed by atoms with Gasteiger partial charge in [0, 0.05) is 12.2 Å². The largest absolute Gasteiger partial charge is 0.497 e. The molecular formula is C21H28N2O5S. The van der Waals surface area contributed by atoms with Crippen molar-refractivity contribution in [1.29, 1.82) is 0 Å². The first-order chi connectivity index (χ1) is 13.7. The first-order valence-electron chi connectivity index (χ1n) is 9.36. The van der Waals surface area contributed by atoms with Crippen LogP contribution in [0.5, 0.6) is 11.5 Å². The summed E-state index contributed by atoms with van der Waals surface area (Å²) in [4.78, 5) is 12.0. The molecule has 2 rings (SSSR count). The second kappa shape index (κ2) is 10.3. The lowest BCUT2D eigenvalue weighted by molar-refractivity contribution is -0.118. The van der Waals surface area contributed by atoms with Crippen molar-refractivity contribution in [2.75, 3.05) is 25.6 Å². The molecule has 0 saturated heterocycles. The highest BCUT2D eigenvalue weighted by Crippen LogP contribution is 2.20. The Morgan fingerprint density at radius 3 is 2.10 bits per heavy atom. The van der Waals surface area contributed by atoms with Crippen molar-refractivity contribution in [3.05, 3.63) is 54.1 Å². The number of hydrogen-bond donors (Lipinski definition) is 2. The minimum Gasteiger partial charge on any atom is -0.497 e. The van der Waals surface area contributed by atoms with Crippen LogP contribution in [0.1, 0.15) is 32.3 Å². The highest BCUT2D eigenvalue weighted by molar-refractivity contribution is 7.90. The average Bonchev–Trinajstić information content (AvgIpc) is 2.71. The summed E-state index contributed by atoms with van der Waals surface area (Å²) in [6.45, 7) is 5.44. The van der Waals surface area contributed by atoms with Gasteiger partial charge < -0.3 is 14.8 Å². The van der Waals surface area contributed by atoms with E-state index in [4.69, 9.17) is 9.47 Å². The van der Waals surface area contributed by atoms with Gasteiger partial charge in [0.05, 0.1) is 12.4 Å². The minimum atomic E-state index is -3.28. The molecule has 2 aromatic carbocycles. The molecule has 1 amide bonds. The quantitative estimate of drug-likeness (QED) is 0.616. The smallest absolute Gasteiger partial charge is 0.262 e. The number of benzene rings is 2. The van der Waals surface area contributed by atoms with Gasteiger partial charge in [-0.15, -0.1) is 0 Å². The second-order valence-electron chi connectivity index (χ2n) is 6.98. The predicted molar refractivity (Wildman–Crippen MR) is 114 cm³/mol. The predicted octanol–water partition coefficient (Wildman–Crippen LogP) is 3.14. The summed E-state index contributed by atoms with van der Waals surface area (Å²) in [7, 11) is -1.70. The van der Waals surface area contributed by atoms with E-state index in [1.54, 1.807) is 57.4 Å². The molecule has 0 aliphatic rings. The molecule has 0 spiro atoms. The molecule has 0 aliphatic heterocycles. The lowest BCUT2D eigenvalue weighted by Gasteiger charge is -2.15. The van der Waals surface area contributed by atoms with Gasteiger partial charge in [-0.1, -0.05) is 19.1 Å². The van der Waals surface area contributed by atoms with E-state index in [0.29, 0.717) is 23.7 Å². The van der Waals surface area contributed by atoms with E-state index < -0.39 is 15.3 Å². The highest BCUT2D eigenvalue weighted by atomic mass is 32.2. The maximum Gasteiger partial charge on any atom is 0.262 e. The lowest BCUT2D eigenvalue weighted by Crippen LogP contribution is -2.33. The van der Waals surface area contributed by atoms with Crippen molar-refractivity contribution in [2.24, 2.45) is 0 Å². The highest BCUT2D eigenvalue weighted by Gasteiger charge is 2.17. The molecule has 8 heteroatoms. The normalized spacial score (nSPS) is 12.4. The van der Waals surface area contributed by atoms with Gasteiger partial charge in [-0.25, -0.2) is 13.1 Å². The van der Waals surface area contributed by atoms with E-state index in [9.17, 15) is 13.2 Å². The summed E-state index contributed by atoms with van der Waals surface area (Å²) in [5.41, 5.74) is 1.64. The standard InChI is InChI=1S/C21H28N2O5S/c1-15(2)29(25,26)22-13-16(3)17-5-9-20(10-6-17)28-14-21(24)23-18-7-11-19(27-4)12-8-18/h5-12,15-16,22H,13-14H2,1-4H3,(H,23,24). The zero-order valence-electron chi connectivity index (χ0n) is 17.1. The number of nitrogens with one attached hydrogen (secondary N) is 2. The zero-order valence-corrected chi connectivity index (χ0v) is 18.0. The van der Waals surface area contributed by atoms with Gasteiger partial charge in [-0.05, 0) is 61.7 Å². The third kappa shape index (κ3) is 7.07. The zero-order chi connectivity index (χ0) is 21.4. The molecule has 0 heterocycles. The van der Waals surface area contributed by atoms with Crippen LogP contribution in [0.2, 0.25) is 0 Å². The third-order valence-electron chi connectivity index (χ3n) is 4.40. The Labute approximate surface area is 172 Å². The molecule has 2 aromatic rings. The molecule has 0 aliphatic carbocycles. The Morgan fingerprint density at radius 2 is 1.55 bits per heavy atom. The number of rotatable bonds is 10. The molecule has 0 radical (unpaired) electrons. The summed E-state index contributed by atoms with van der Waals surface area (Å²) in [5, 5.41) is 2.28. The Hall–Kier alpha value is -2.58. The van der Waals surface area contributed by atoms with Crippen LogP contribution in [0.4, 0.5) is 5.69 Å². The number of sulfonamides is 1. The molecule has 2 N–H and O–H groups in total. The molecule has 1 unspecified atom stereocenters. The van der Waals surface area contributed by atoms with Crippen LogP contribution in [-0.4, -0.2) is 39.8 Å². The molecule has 0 saturated carbocycles. The lowest BCUT2D eigenvalue weighted by atomic mass is 10.0. The van der Waals surface area contributed by atoms with E-state index in [-0.39, 0.29) is 18.4 Å². The van der Waals surface area contributed by atoms with Gasteiger partial charge in [0.25, 0.3) is 5.91 Å². The van der Waals surface area contributed by atoms with Gasteiger partial charge in [0.1, 0.15) is 11.5 Å². The molecule has 1 atom stereocenters. The minimum absolute atomic E-state index is 0.0101. The summed E-state index contributed by atoms with van der Waals surface area (Å²) in [6, 6.07) is 14.3. The van der Waals surface area contributed by atoms with Crippen LogP contribution in [0.15, 0.2) is 48.5 Å². The molecule has 0 aromatic heterocycles. The van der Waals surface area contributed by atoms with Crippen molar-refractivity contribution in [2.45, 2.75) is 31.9 Å². The SMILES string of the molecule is COc1ccc(NC(=O)COc2ccc(C(C)CNS(=O)(=O)C(C)C)cc2)cc1. The summed E-state index contributed by atoms with van der Waals surface area (Å²) in [6.07, 6.45) is 0. The van der Waals surface area contributed by atoms with Gasteiger partial charge in [0.2, 0.25) is 10.0 Å². The summed E-state index contributed by atoms with van der Waals surface area (Å²) >= 11 is 0. The van der Waals surface area contributed by atoms with E-state index >= 15 is 0 Å². The van der Waals surface area contributed by atoms with Crippen molar-refractivity contribution in [3.8, 4) is 11.5 Å². The fourth-order valence-electron chi connectivity index (χ4n) is 2.44. The van der Waals surface area contributed by atoms with Crippen LogP contribution < -0.4 is 19.5 Å². The molecular weight excluding hydrogens is 392 g/mol. The van der Waals surface area contributed by atoms with Crippen molar-refractivity contribution >= 4 is 21.6 Å². The molecule has 7 nitrogen and oxygen atoms in total. The maximum atomic E-state index is 12.0. The maximum absolute atomic E-state index is 12.0. The number of hydrogen-bond acceptors (Lipinski definition) is 5.